The number of carbonyl (C=O) groups is 2. The maximum Gasteiger partial charge on any atom is 0.261 e. The van der Waals surface area contributed by atoms with E-state index in [-0.39, 0.29) is 11.3 Å². The number of carbonyl (C=O) groups excluding carboxylic acids is 2. The Balaban J connectivity index is 1.79. The number of aryl methyl sites for hydroxylation is 2. The van der Waals surface area contributed by atoms with Crippen LogP contribution in [-0.2, 0) is 5.60 Å². The van der Waals surface area contributed by atoms with Crippen molar-refractivity contribution in [3.05, 3.63) is 62.8 Å². The molecule has 0 atom stereocenters. The molecular weight excluding hydrogens is 346 g/mol. The van der Waals surface area contributed by atoms with Crippen LogP contribution in [0.1, 0.15) is 57.4 Å². The third-order valence-corrected chi connectivity index (χ3v) is 5.11. The van der Waals surface area contributed by atoms with Crippen molar-refractivity contribution in [2.45, 2.75) is 39.2 Å². The highest BCUT2D eigenvalue weighted by atomic mass is 16.3. The van der Waals surface area contributed by atoms with Crippen LogP contribution in [0.3, 0.4) is 0 Å². The van der Waals surface area contributed by atoms with E-state index in [0.717, 1.165) is 5.56 Å². The van der Waals surface area contributed by atoms with Gasteiger partial charge in [-0.05, 0) is 51.3 Å². The summed E-state index contributed by atoms with van der Waals surface area (Å²) in [4.78, 5) is 45.1. The number of hydrogen-bond donors (Lipinski definition) is 2. The van der Waals surface area contributed by atoms with Crippen LogP contribution in [0.5, 0.6) is 0 Å². The Labute approximate surface area is 157 Å². The summed E-state index contributed by atoms with van der Waals surface area (Å²) in [5.41, 5.74) is 0.725. The van der Waals surface area contributed by atoms with Gasteiger partial charge in [-0.2, -0.15) is 0 Å². The highest BCUT2D eigenvalue weighted by Gasteiger charge is 2.37. The van der Waals surface area contributed by atoms with Gasteiger partial charge in [0.05, 0.1) is 5.69 Å². The molecule has 0 aliphatic carbocycles. The van der Waals surface area contributed by atoms with Crippen LogP contribution in [-0.4, -0.2) is 44.8 Å². The van der Waals surface area contributed by atoms with Crippen molar-refractivity contribution in [3.8, 4) is 0 Å². The number of aromatic nitrogens is 2. The standard InChI is InChI=1S/C20H23N3O4/c1-12-4-5-17(21-11-12)20(27)6-8-23(9-7-20)19(26)16-10-15(14(3)24)13(2)22-18(16)25/h4-5,10-11,27H,6-9H2,1-3H3,(H,22,25). The van der Waals surface area contributed by atoms with E-state index < -0.39 is 17.1 Å². The number of likely N-dealkylation sites (tertiary alicyclic amines) is 1. The molecule has 7 nitrogen and oxygen atoms in total. The smallest absolute Gasteiger partial charge is 0.261 e. The molecule has 1 amide bonds. The minimum absolute atomic E-state index is 0.0512. The Bertz CT molecular complexity index is 939. The van der Waals surface area contributed by atoms with Gasteiger partial charge in [0, 0.05) is 30.5 Å². The normalized spacial score (nSPS) is 16.2. The molecule has 2 aromatic heterocycles. The first-order valence-corrected chi connectivity index (χ1v) is 8.91. The molecule has 0 radical (unpaired) electrons. The maximum atomic E-state index is 12.8. The van der Waals surface area contributed by atoms with Gasteiger partial charge in [0.15, 0.2) is 5.78 Å². The molecule has 142 valence electrons. The monoisotopic (exact) mass is 369 g/mol. The van der Waals surface area contributed by atoms with Crippen LogP contribution in [0.2, 0.25) is 0 Å². The molecular formula is C20H23N3O4. The summed E-state index contributed by atoms with van der Waals surface area (Å²) in [6.45, 7) is 5.55. The lowest BCUT2D eigenvalue weighted by Gasteiger charge is -2.37. The van der Waals surface area contributed by atoms with Crippen LogP contribution in [0.4, 0.5) is 0 Å². The molecule has 3 rings (SSSR count). The minimum Gasteiger partial charge on any atom is -0.383 e. The summed E-state index contributed by atoms with van der Waals surface area (Å²) >= 11 is 0. The van der Waals surface area contributed by atoms with Crippen molar-refractivity contribution in [1.29, 1.82) is 0 Å². The second kappa shape index (κ2) is 7.08. The van der Waals surface area contributed by atoms with Crippen LogP contribution in [0.15, 0.2) is 29.2 Å². The Kier molecular flexibility index (Phi) is 4.97. The predicted octanol–water partition coefficient (Wildman–Crippen LogP) is 1.71. The van der Waals surface area contributed by atoms with Crippen LogP contribution in [0.25, 0.3) is 0 Å². The van der Waals surface area contributed by atoms with E-state index in [9.17, 15) is 19.5 Å². The number of nitrogens with one attached hydrogen (secondary N) is 1. The fourth-order valence-electron chi connectivity index (χ4n) is 3.40. The number of aliphatic hydroxyl groups is 1. The van der Waals surface area contributed by atoms with Gasteiger partial charge in [-0.3, -0.25) is 19.4 Å². The molecule has 0 unspecified atom stereocenters. The van der Waals surface area contributed by atoms with Gasteiger partial charge in [-0.15, -0.1) is 0 Å². The fourth-order valence-corrected chi connectivity index (χ4v) is 3.40. The highest BCUT2D eigenvalue weighted by molar-refractivity contribution is 5.99. The van der Waals surface area contributed by atoms with Crippen molar-refractivity contribution in [2.24, 2.45) is 0 Å². The van der Waals surface area contributed by atoms with Gasteiger partial charge < -0.3 is 15.0 Å². The van der Waals surface area contributed by atoms with Gasteiger partial charge in [0.1, 0.15) is 11.2 Å². The van der Waals surface area contributed by atoms with Crippen LogP contribution < -0.4 is 5.56 Å². The Morgan fingerprint density at radius 1 is 1.19 bits per heavy atom. The third kappa shape index (κ3) is 3.68. The molecule has 2 N–H and O–H groups in total. The van der Waals surface area contributed by atoms with Crippen molar-refractivity contribution < 1.29 is 14.7 Å². The molecule has 1 aliphatic rings. The van der Waals surface area contributed by atoms with E-state index in [4.69, 9.17) is 0 Å². The number of piperidine rings is 1. The molecule has 2 aromatic rings. The number of nitrogens with zero attached hydrogens (tertiary/aromatic N) is 2. The topological polar surface area (TPSA) is 103 Å². The van der Waals surface area contributed by atoms with E-state index in [1.807, 2.05) is 13.0 Å². The van der Waals surface area contributed by atoms with Crippen molar-refractivity contribution >= 4 is 11.7 Å². The van der Waals surface area contributed by atoms with E-state index >= 15 is 0 Å². The van der Waals surface area contributed by atoms with E-state index in [2.05, 4.69) is 9.97 Å². The lowest BCUT2D eigenvalue weighted by molar-refractivity contribution is -0.0244. The van der Waals surface area contributed by atoms with Crippen molar-refractivity contribution in [2.75, 3.05) is 13.1 Å². The average Bonchev–Trinajstić information content (AvgIpc) is 2.62. The summed E-state index contributed by atoms with van der Waals surface area (Å²) in [6, 6.07) is 5.06. The molecule has 3 heterocycles. The third-order valence-electron chi connectivity index (χ3n) is 5.11. The zero-order valence-electron chi connectivity index (χ0n) is 15.7. The van der Waals surface area contributed by atoms with E-state index in [0.29, 0.717) is 42.9 Å². The molecule has 0 spiro atoms. The first-order chi connectivity index (χ1) is 12.7. The first kappa shape index (κ1) is 19.0. The number of amides is 1. The van der Waals surface area contributed by atoms with Crippen molar-refractivity contribution in [3.63, 3.8) is 0 Å². The van der Waals surface area contributed by atoms with Crippen molar-refractivity contribution in [1.82, 2.24) is 14.9 Å². The molecule has 0 bridgehead atoms. The van der Waals surface area contributed by atoms with Gasteiger partial charge >= 0.3 is 0 Å². The first-order valence-electron chi connectivity index (χ1n) is 8.91. The zero-order chi connectivity index (χ0) is 19.8. The Morgan fingerprint density at radius 3 is 2.41 bits per heavy atom. The molecule has 0 aromatic carbocycles. The largest absolute Gasteiger partial charge is 0.383 e. The minimum atomic E-state index is -1.09. The second-order valence-corrected chi connectivity index (χ2v) is 7.15. The molecule has 7 heteroatoms. The van der Waals surface area contributed by atoms with Crippen LogP contribution >= 0.6 is 0 Å². The second-order valence-electron chi connectivity index (χ2n) is 7.15. The number of rotatable bonds is 3. The zero-order valence-corrected chi connectivity index (χ0v) is 15.7. The number of Topliss-reactive ketones (excluding diaryl/α,β-unsaturated/α-hetero) is 1. The lowest BCUT2D eigenvalue weighted by atomic mass is 9.87. The summed E-state index contributed by atoms with van der Waals surface area (Å²) < 4.78 is 0. The SMILES string of the molecule is CC(=O)c1cc(C(=O)N2CCC(O)(c3ccc(C)cn3)CC2)c(=O)[nH]c1C. The molecule has 1 fully saturated rings. The summed E-state index contributed by atoms with van der Waals surface area (Å²) in [7, 11) is 0. The molecule has 1 aliphatic heterocycles. The molecule has 27 heavy (non-hydrogen) atoms. The molecule has 1 saturated heterocycles. The summed E-state index contributed by atoms with van der Waals surface area (Å²) in [5.74, 6) is -0.645. The van der Waals surface area contributed by atoms with Crippen LogP contribution in [0, 0.1) is 13.8 Å². The number of hydrogen-bond acceptors (Lipinski definition) is 5. The quantitative estimate of drug-likeness (QED) is 0.802. The Morgan fingerprint density at radius 2 is 1.85 bits per heavy atom. The Hall–Kier alpha value is -2.80. The maximum absolute atomic E-state index is 12.8. The van der Waals surface area contributed by atoms with Gasteiger partial charge in [-0.1, -0.05) is 6.07 Å². The fraction of sp³-hybridized carbons (Fsp3) is 0.400. The van der Waals surface area contributed by atoms with E-state index in [1.165, 1.54) is 17.9 Å². The predicted molar refractivity (Wildman–Crippen MR) is 99.8 cm³/mol. The summed E-state index contributed by atoms with van der Waals surface area (Å²) in [5, 5.41) is 10.9. The number of ketones is 1. The number of pyridine rings is 2. The van der Waals surface area contributed by atoms with Gasteiger partial charge in [-0.25, -0.2) is 0 Å². The summed E-state index contributed by atoms with van der Waals surface area (Å²) in [6.07, 6.45) is 2.37. The average molecular weight is 369 g/mol. The van der Waals surface area contributed by atoms with E-state index in [1.54, 1.807) is 19.2 Å². The van der Waals surface area contributed by atoms with Gasteiger partial charge in [0.2, 0.25) is 0 Å². The van der Waals surface area contributed by atoms with Gasteiger partial charge in [0.25, 0.3) is 11.5 Å². The lowest BCUT2D eigenvalue weighted by Crippen LogP contribution is -2.46. The number of H-pyrrole nitrogens is 1. The number of aromatic amines is 1. The highest BCUT2D eigenvalue weighted by Crippen LogP contribution is 2.32. The molecule has 0 saturated carbocycles.